The Morgan fingerprint density at radius 3 is 2.03 bits per heavy atom. The Bertz CT molecular complexity index is 2220. The highest BCUT2D eigenvalue weighted by Gasteiger charge is 2.61. The SMILES string of the molecule is CC(C)(C)OC(=O)NC1CCCCC/C=C\C2CC2(C(=O)O)NC(=O)C2C[C@@H](n3ccc(-c4ccc(OC(F)(F)F)cc4)c(-c4ccc(OC(F)(F)F)cc4)c3=O)CN2C1=O. The average molecular weight is 863 g/mol. The van der Waals surface area contributed by atoms with Crippen LogP contribution in [0.2, 0.25) is 0 Å². The van der Waals surface area contributed by atoms with Crippen LogP contribution in [-0.4, -0.2) is 80.9 Å². The van der Waals surface area contributed by atoms with Crippen LogP contribution in [0, 0.1) is 5.92 Å². The topological polar surface area (TPSA) is 166 Å². The Morgan fingerprint density at radius 2 is 1.46 bits per heavy atom. The van der Waals surface area contributed by atoms with E-state index in [1.54, 1.807) is 26.8 Å². The van der Waals surface area contributed by atoms with Gasteiger partial charge in [-0.2, -0.15) is 0 Å². The zero-order valence-electron chi connectivity index (χ0n) is 33.3. The first-order valence-corrected chi connectivity index (χ1v) is 19.5. The van der Waals surface area contributed by atoms with E-state index < -0.39 is 88.8 Å². The molecule has 3 aliphatic rings. The molecule has 0 radical (unpaired) electrons. The summed E-state index contributed by atoms with van der Waals surface area (Å²) in [6, 6.07) is 6.92. The maximum Gasteiger partial charge on any atom is 0.573 e. The smallest absolute Gasteiger partial charge is 0.479 e. The summed E-state index contributed by atoms with van der Waals surface area (Å²) in [4.78, 5) is 70.2. The maximum absolute atomic E-state index is 14.7. The first-order chi connectivity index (χ1) is 28.5. The molecule has 328 valence electrons. The van der Waals surface area contributed by atoms with E-state index in [-0.39, 0.29) is 48.1 Å². The Balaban J connectivity index is 1.42. The van der Waals surface area contributed by atoms with Gasteiger partial charge in [0.25, 0.3) is 5.56 Å². The van der Waals surface area contributed by atoms with Crippen LogP contribution in [0.5, 0.6) is 11.5 Å². The van der Waals surface area contributed by atoms with Crippen LogP contribution >= 0.6 is 0 Å². The minimum atomic E-state index is -5.01. The number of carbonyl (C=O) groups is 4. The number of alkyl halides is 6. The van der Waals surface area contributed by atoms with Crippen molar-refractivity contribution in [2.75, 3.05) is 6.54 Å². The summed E-state index contributed by atoms with van der Waals surface area (Å²) in [5.74, 6) is -4.39. The Kier molecular flexibility index (Phi) is 12.5. The monoisotopic (exact) mass is 862 g/mol. The number of carbonyl (C=O) groups excluding carboxylic acids is 3. The first kappa shape index (κ1) is 44.5. The van der Waals surface area contributed by atoms with Crippen molar-refractivity contribution in [2.45, 2.75) is 108 Å². The fraction of sp³-hybridized carbons (Fsp3) is 0.452. The molecule has 3 N–H and O–H groups in total. The summed E-state index contributed by atoms with van der Waals surface area (Å²) < 4.78 is 92.4. The number of aliphatic carboxylic acids is 1. The number of hydrogen-bond acceptors (Lipinski definition) is 8. The van der Waals surface area contributed by atoms with E-state index in [9.17, 15) is 55.4 Å². The molecular formula is C42H44F6N4O9. The standard InChI is InChI=1S/C42H44F6N4O9/c1-39(2,3)61-38(58)49-31-10-8-6-4-5-7-9-26-22-40(26,37(56)57)50-34(53)32-21-27(23-52(32)35(31)54)51-20-19-30(24-11-15-28(16-12-24)59-41(43,44)45)33(36(51)55)25-13-17-29(18-14-25)60-42(46,47)48/h7,9,11-20,26-27,31-32H,4-6,8,10,21-23H2,1-3H3,(H,49,58)(H,50,53)(H,56,57)/b9-7-/t26?,27-,31?,32?,40?/m1/s1. The molecule has 4 unspecified atom stereocenters. The molecule has 2 fully saturated rings. The van der Waals surface area contributed by atoms with Crippen LogP contribution in [0.25, 0.3) is 22.3 Å². The quantitative estimate of drug-likeness (QED) is 0.161. The zero-order valence-corrected chi connectivity index (χ0v) is 33.3. The van der Waals surface area contributed by atoms with E-state index >= 15 is 0 Å². The van der Waals surface area contributed by atoms with Crippen LogP contribution < -0.4 is 25.7 Å². The molecule has 1 saturated heterocycles. The Morgan fingerprint density at radius 1 is 0.852 bits per heavy atom. The molecule has 1 aliphatic carbocycles. The van der Waals surface area contributed by atoms with Gasteiger partial charge >= 0.3 is 24.8 Å². The van der Waals surface area contributed by atoms with E-state index in [0.29, 0.717) is 25.7 Å². The second kappa shape index (κ2) is 17.2. The number of allylic oxidation sites excluding steroid dienone is 1. The van der Waals surface area contributed by atoms with Gasteiger partial charge < -0.3 is 39.4 Å². The first-order valence-electron chi connectivity index (χ1n) is 19.5. The van der Waals surface area contributed by atoms with Crippen molar-refractivity contribution in [1.82, 2.24) is 20.1 Å². The van der Waals surface area contributed by atoms with Gasteiger partial charge in [0.05, 0.1) is 11.6 Å². The summed E-state index contributed by atoms with van der Waals surface area (Å²) in [5.41, 5.74) is -2.88. The summed E-state index contributed by atoms with van der Waals surface area (Å²) in [6.45, 7) is 4.67. The van der Waals surface area contributed by atoms with Gasteiger partial charge in [0.2, 0.25) is 11.8 Å². The van der Waals surface area contributed by atoms with Crippen LogP contribution in [0.15, 0.2) is 77.7 Å². The average Bonchev–Trinajstić information content (AvgIpc) is 3.67. The Labute approximate surface area is 345 Å². The van der Waals surface area contributed by atoms with Gasteiger partial charge in [-0.25, -0.2) is 9.59 Å². The third kappa shape index (κ3) is 10.8. The van der Waals surface area contributed by atoms with E-state index in [0.717, 1.165) is 24.3 Å². The van der Waals surface area contributed by atoms with E-state index in [1.165, 1.54) is 46.0 Å². The van der Waals surface area contributed by atoms with Crippen molar-refractivity contribution in [2.24, 2.45) is 5.92 Å². The van der Waals surface area contributed by atoms with Gasteiger partial charge in [0.15, 0.2) is 0 Å². The van der Waals surface area contributed by atoms with Crippen molar-refractivity contribution in [3.8, 4) is 33.8 Å². The van der Waals surface area contributed by atoms with Gasteiger partial charge in [-0.1, -0.05) is 49.3 Å². The van der Waals surface area contributed by atoms with E-state index in [1.807, 2.05) is 6.08 Å². The van der Waals surface area contributed by atoms with Gasteiger partial charge in [0.1, 0.15) is 34.7 Å². The molecule has 13 nitrogen and oxygen atoms in total. The number of ether oxygens (including phenoxy) is 3. The highest BCUT2D eigenvalue weighted by molar-refractivity contribution is 5.96. The number of carboxylic acid groups (broad SMARTS) is 1. The molecule has 19 heteroatoms. The molecule has 3 amide bonds. The lowest BCUT2D eigenvalue weighted by Crippen LogP contribution is -2.56. The summed E-state index contributed by atoms with van der Waals surface area (Å²) >= 11 is 0. The summed E-state index contributed by atoms with van der Waals surface area (Å²) in [6.07, 6.45) is -3.33. The molecular weight excluding hydrogens is 818 g/mol. The fourth-order valence-electron chi connectivity index (χ4n) is 7.75. The number of fused-ring (bicyclic) bond motifs is 2. The molecule has 0 spiro atoms. The number of hydrogen-bond donors (Lipinski definition) is 3. The van der Waals surface area contributed by atoms with Crippen LogP contribution in [-0.2, 0) is 19.1 Å². The normalized spacial score (nSPS) is 24.2. The van der Waals surface area contributed by atoms with Crippen molar-refractivity contribution in [3.63, 3.8) is 0 Å². The molecule has 3 heterocycles. The van der Waals surface area contributed by atoms with E-state index in [2.05, 4.69) is 20.1 Å². The third-order valence-electron chi connectivity index (χ3n) is 10.6. The number of benzene rings is 2. The summed E-state index contributed by atoms with van der Waals surface area (Å²) in [7, 11) is 0. The van der Waals surface area contributed by atoms with Gasteiger partial charge in [-0.3, -0.25) is 14.4 Å². The molecule has 5 atom stereocenters. The summed E-state index contributed by atoms with van der Waals surface area (Å²) in [5, 5.41) is 15.5. The molecule has 3 aromatic rings. The lowest BCUT2D eigenvalue weighted by molar-refractivity contribution is -0.275. The number of alkyl carbamates (subject to hydrolysis) is 1. The molecule has 1 aromatic heterocycles. The molecule has 0 bridgehead atoms. The van der Waals surface area contributed by atoms with Crippen LogP contribution in [0.1, 0.15) is 71.8 Å². The minimum absolute atomic E-state index is 0.0901. The van der Waals surface area contributed by atoms with Gasteiger partial charge in [0, 0.05) is 18.7 Å². The molecule has 2 aliphatic heterocycles. The van der Waals surface area contributed by atoms with Crippen molar-refractivity contribution in [3.05, 3.63) is 83.3 Å². The predicted molar refractivity (Wildman–Crippen MR) is 206 cm³/mol. The second-order valence-corrected chi connectivity index (χ2v) is 16.2. The lowest BCUT2D eigenvalue weighted by Gasteiger charge is -2.30. The van der Waals surface area contributed by atoms with Crippen molar-refractivity contribution < 1.29 is 64.8 Å². The van der Waals surface area contributed by atoms with Crippen LogP contribution in [0.3, 0.4) is 0 Å². The highest BCUT2D eigenvalue weighted by atomic mass is 19.4. The molecule has 61 heavy (non-hydrogen) atoms. The fourth-order valence-corrected chi connectivity index (χ4v) is 7.75. The minimum Gasteiger partial charge on any atom is -0.479 e. The second-order valence-electron chi connectivity index (χ2n) is 16.2. The van der Waals surface area contributed by atoms with Crippen LogP contribution in [0.4, 0.5) is 31.1 Å². The lowest BCUT2D eigenvalue weighted by atomic mass is 9.95. The van der Waals surface area contributed by atoms with Gasteiger partial charge in [-0.05, 0) is 99.9 Å². The molecule has 2 aromatic carbocycles. The number of nitrogens with one attached hydrogen (secondary N) is 2. The molecule has 1 saturated carbocycles. The maximum atomic E-state index is 14.7. The number of aromatic nitrogens is 1. The number of rotatable bonds is 7. The number of carboxylic acids is 1. The van der Waals surface area contributed by atoms with E-state index in [4.69, 9.17) is 4.74 Å². The van der Waals surface area contributed by atoms with Crippen molar-refractivity contribution in [1.29, 1.82) is 0 Å². The Hall–Kier alpha value is -6.01. The van der Waals surface area contributed by atoms with Crippen molar-refractivity contribution >= 4 is 23.9 Å². The number of halogens is 6. The highest BCUT2D eigenvalue weighted by Crippen LogP contribution is 2.46. The number of nitrogens with zero attached hydrogens (tertiary/aromatic N) is 2. The van der Waals surface area contributed by atoms with Gasteiger partial charge in [-0.15, -0.1) is 26.3 Å². The third-order valence-corrected chi connectivity index (χ3v) is 10.6. The largest absolute Gasteiger partial charge is 0.573 e. The number of amides is 3. The molecule has 6 rings (SSSR count). The zero-order chi connectivity index (χ0) is 44.5. The number of pyridine rings is 1. The predicted octanol–water partition coefficient (Wildman–Crippen LogP) is 7.49.